The van der Waals surface area contributed by atoms with Crippen molar-refractivity contribution in [2.45, 2.75) is 44.7 Å². The number of aromatic nitrogens is 4. The molecule has 1 aliphatic heterocycles. The van der Waals surface area contributed by atoms with Crippen LogP contribution in [0.25, 0.3) is 5.52 Å². The van der Waals surface area contributed by atoms with Crippen LogP contribution in [0.4, 0.5) is 29.2 Å². The number of amides is 1. The maximum atomic E-state index is 14.6. The molecule has 0 spiro atoms. The van der Waals surface area contributed by atoms with Gasteiger partial charge >= 0.3 is 12.0 Å². The summed E-state index contributed by atoms with van der Waals surface area (Å²) >= 11 is 0. The largest absolute Gasteiger partial charge is 0.402 e. The molecule has 2 N–H and O–H groups in total. The van der Waals surface area contributed by atoms with Crippen molar-refractivity contribution in [1.29, 1.82) is 0 Å². The number of piperidine rings is 1. The summed E-state index contributed by atoms with van der Waals surface area (Å²) in [6.45, 7) is 2.59. The van der Waals surface area contributed by atoms with Crippen LogP contribution in [0.5, 0.6) is 0 Å². The van der Waals surface area contributed by atoms with Crippen molar-refractivity contribution in [1.82, 2.24) is 29.6 Å². The number of alkyl halides is 4. The molecular weight excluding hydrogens is 524 g/mol. The van der Waals surface area contributed by atoms with Gasteiger partial charge in [0.25, 0.3) is 5.91 Å². The number of carbonyl (C=O) groups is 1. The Labute approximate surface area is 220 Å². The lowest BCUT2D eigenvalue weighted by molar-refractivity contribution is -0.390. The van der Waals surface area contributed by atoms with Crippen LogP contribution in [0.3, 0.4) is 0 Å². The smallest absolute Gasteiger partial charge is 0.364 e. The first-order valence-electron chi connectivity index (χ1n) is 12.1. The fourth-order valence-corrected chi connectivity index (χ4v) is 4.33. The maximum Gasteiger partial charge on any atom is 0.402 e. The summed E-state index contributed by atoms with van der Waals surface area (Å²) in [4.78, 5) is 24.7. The van der Waals surface area contributed by atoms with Crippen LogP contribution in [0.1, 0.15) is 35.0 Å². The van der Waals surface area contributed by atoms with Gasteiger partial charge in [0, 0.05) is 18.7 Å². The van der Waals surface area contributed by atoms with Crippen molar-refractivity contribution in [2.75, 3.05) is 32.0 Å². The number of hydrogen-bond donors (Lipinski definition) is 2. The number of nitro groups is 1. The molecule has 3 aromatic rings. The third kappa shape index (κ3) is 6.45. The van der Waals surface area contributed by atoms with E-state index in [4.69, 9.17) is 0 Å². The summed E-state index contributed by atoms with van der Waals surface area (Å²) in [5.74, 6) is 4.05. The zero-order valence-electron chi connectivity index (χ0n) is 21.1. The van der Waals surface area contributed by atoms with Gasteiger partial charge in [0.1, 0.15) is 17.7 Å². The van der Waals surface area contributed by atoms with E-state index in [2.05, 4.69) is 32.7 Å². The summed E-state index contributed by atoms with van der Waals surface area (Å²) in [5.41, 5.74) is -0.410. The summed E-state index contributed by atoms with van der Waals surface area (Å²) in [7, 11) is 1.81. The molecule has 0 radical (unpaired) electrons. The molecular formula is C24H26F4N8O3. The number of nitrogens with one attached hydrogen (secondary N) is 2. The molecule has 0 bridgehead atoms. The van der Waals surface area contributed by atoms with Crippen LogP contribution in [-0.2, 0) is 13.0 Å². The van der Waals surface area contributed by atoms with Gasteiger partial charge in [-0.05, 0) is 43.4 Å². The van der Waals surface area contributed by atoms with Crippen molar-refractivity contribution in [3.05, 3.63) is 51.3 Å². The summed E-state index contributed by atoms with van der Waals surface area (Å²) in [5, 5.41) is 24.6. The molecule has 1 amide bonds. The van der Waals surface area contributed by atoms with Gasteiger partial charge in [0.15, 0.2) is 5.56 Å². The molecule has 15 heteroatoms. The number of pyridine rings is 1. The van der Waals surface area contributed by atoms with Crippen molar-refractivity contribution in [2.24, 2.45) is 0 Å². The number of rotatable bonds is 7. The van der Waals surface area contributed by atoms with Gasteiger partial charge in [-0.1, -0.05) is 12.0 Å². The van der Waals surface area contributed by atoms with Crippen molar-refractivity contribution in [3.8, 4) is 11.8 Å². The highest BCUT2D eigenvalue weighted by Crippen LogP contribution is 2.28. The Hall–Kier alpha value is -4.19. The summed E-state index contributed by atoms with van der Waals surface area (Å²) in [6.07, 6.45) is -5.28. The third-order valence-corrected chi connectivity index (χ3v) is 6.24. The highest BCUT2D eigenvalue weighted by Gasteiger charge is 2.32. The van der Waals surface area contributed by atoms with Gasteiger partial charge in [-0.15, -0.1) is 0 Å². The lowest BCUT2D eigenvalue weighted by Crippen LogP contribution is -2.46. The fraction of sp³-hybridized carbons (Fsp3) is 0.458. The number of aryl methyl sites for hydroxylation is 1. The van der Waals surface area contributed by atoms with Crippen molar-refractivity contribution >= 4 is 23.1 Å². The number of fused-ring (bicyclic) bond motifs is 1. The van der Waals surface area contributed by atoms with E-state index in [-0.39, 0.29) is 35.4 Å². The highest BCUT2D eigenvalue weighted by molar-refractivity contribution is 5.97. The molecule has 4 rings (SSSR count). The van der Waals surface area contributed by atoms with E-state index in [0.717, 1.165) is 0 Å². The second-order valence-corrected chi connectivity index (χ2v) is 9.11. The van der Waals surface area contributed by atoms with Crippen LogP contribution in [0.15, 0.2) is 24.4 Å². The average molecular weight is 551 g/mol. The summed E-state index contributed by atoms with van der Waals surface area (Å²) < 4.78 is 57.4. The van der Waals surface area contributed by atoms with Crippen LogP contribution in [0.2, 0.25) is 0 Å². The zero-order chi connectivity index (χ0) is 28.3. The number of hydrogen-bond acceptors (Lipinski definition) is 7. The van der Waals surface area contributed by atoms with E-state index >= 15 is 0 Å². The molecule has 0 saturated carbocycles. The minimum atomic E-state index is -4.55. The molecule has 39 heavy (non-hydrogen) atoms. The number of likely N-dealkylation sites (tertiary alicyclic amines) is 1. The van der Waals surface area contributed by atoms with E-state index in [1.54, 1.807) is 19.1 Å². The predicted octanol–water partition coefficient (Wildman–Crippen LogP) is 2.80. The lowest BCUT2D eigenvalue weighted by atomic mass is 10.0. The molecule has 0 aliphatic carbocycles. The predicted molar refractivity (Wildman–Crippen MR) is 133 cm³/mol. The second kappa shape index (κ2) is 11.3. The molecule has 11 nitrogen and oxygen atoms in total. The Bertz CT molecular complexity index is 1440. The Balaban J connectivity index is 1.58. The van der Waals surface area contributed by atoms with Gasteiger partial charge in [-0.25, -0.2) is 8.91 Å². The monoisotopic (exact) mass is 550 g/mol. The molecule has 1 aliphatic rings. The quantitative estimate of drug-likeness (QED) is 0.201. The number of halogens is 4. The Morgan fingerprint density at radius 2 is 2.08 bits per heavy atom. The molecule has 1 fully saturated rings. The third-order valence-electron chi connectivity index (χ3n) is 6.24. The minimum absolute atomic E-state index is 0.152. The van der Waals surface area contributed by atoms with Gasteiger partial charge in [0.2, 0.25) is 0 Å². The topological polar surface area (TPSA) is 123 Å². The van der Waals surface area contributed by atoms with Crippen LogP contribution >= 0.6 is 0 Å². The van der Waals surface area contributed by atoms with Crippen LogP contribution in [0, 0.1) is 22.0 Å². The first-order valence-corrected chi connectivity index (χ1v) is 12.1. The SMILES string of the molecule is CCn1cc(C(=O)NCC#Cc2nn3c(N[C@@H]4CCN(C)C[C@@H]4F)cccc3c2CC(F)(F)F)c([N+](=O)[O-])n1. The molecule has 4 heterocycles. The molecule has 208 valence electrons. The van der Waals surface area contributed by atoms with Crippen LogP contribution < -0.4 is 10.6 Å². The Morgan fingerprint density at radius 1 is 1.31 bits per heavy atom. The van der Waals surface area contributed by atoms with Gasteiger partial charge in [-0.2, -0.15) is 23.0 Å². The summed E-state index contributed by atoms with van der Waals surface area (Å²) in [6, 6.07) is 4.09. The molecule has 0 aromatic carbocycles. The number of nitrogens with zero attached hydrogens (tertiary/aromatic N) is 6. The maximum absolute atomic E-state index is 14.6. The van der Waals surface area contributed by atoms with E-state index in [1.165, 1.54) is 21.5 Å². The number of anilines is 1. The first kappa shape index (κ1) is 27.8. The van der Waals surface area contributed by atoms with E-state index in [0.29, 0.717) is 25.3 Å². The fourth-order valence-electron chi connectivity index (χ4n) is 4.33. The molecule has 0 unspecified atom stereocenters. The normalized spacial score (nSPS) is 18.0. The Morgan fingerprint density at radius 3 is 2.74 bits per heavy atom. The number of carbonyl (C=O) groups excluding carboxylic acids is 1. The van der Waals surface area contributed by atoms with Gasteiger partial charge < -0.3 is 25.6 Å². The minimum Gasteiger partial charge on any atom is -0.364 e. The highest BCUT2D eigenvalue weighted by atomic mass is 19.4. The molecule has 1 saturated heterocycles. The average Bonchev–Trinajstić information content (AvgIpc) is 3.45. The van der Waals surface area contributed by atoms with E-state index < -0.39 is 41.5 Å². The van der Waals surface area contributed by atoms with E-state index in [9.17, 15) is 32.5 Å². The molecule has 3 aromatic heterocycles. The van der Waals surface area contributed by atoms with Crippen LogP contribution in [-0.4, -0.2) is 80.2 Å². The van der Waals surface area contributed by atoms with Crippen molar-refractivity contribution in [3.63, 3.8) is 0 Å². The zero-order valence-corrected chi connectivity index (χ0v) is 21.1. The molecule has 2 atom stereocenters. The van der Waals surface area contributed by atoms with E-state index in [1.807, 2.05) is 11.9 Å². The standard InChI is InChI=1S/C24H26F4N8O3/c1-3-34-13-16(22(32-34)36(38)39)23(37)29-10-5-6-18-15(12-24(26,27)28)20-7-4-8-21(35(20)31-18)30-19-9-11-33(2)14-17(19)25/h4,7-8,13,17,19,30H,3,9-12,14H2,1-2H3,(H,29,37)/t17-,19+/m0/s1. The Kier molecular flexibility index (Phi) is 8.05. The van der Waals surface area contributed by atoms with Gasteiger partial charge in [-0.3, -0.25) is 4.79 Å². The lowest BCUT2D eigenvalue weighted by Gasteiger charge is -2.33. The van der Waals surface area contributed by atoms with Crippen molar-refractivity contribution < 1.29 is 27.3 Å². The van der Waals surface area contributed by atoms with Gasteiger partial charge in [0.05, 0.1) is 42.4 Å². The first-order chi connectivity index (χ1) is 18.5. The second-order valence-electron chi connectivity index (χ2n) is 9.11.